The number of hydrogen-bond acceptors (Lipinski definition) is 0. The number of fused-ring (bicyclic) bond motifs is 2. The molecule has 0 nitrogen and oxygen atoms in total. The van der Waals surface area contributed by atoms with Crippen molar-refractivity contribution in [2.24, 2.45) is 0 Å². The molecular weight excluding hydrogens is 683 g/mol. The Hall–Kier alpha value is -2.22. The zero-order valence-corrected chi connectivity index (χ0v) is 33.5. The third-order valence-electron chi connectivity index (χ3n) is 7.89. The van der Waals surface area contributed by atoms with Gasteiger partial charge in [-0.3, -0.25) is 0 Å². The van der Waals surface area contributed by atoms with Crippen LogP contribution in [-0.2, 0) is 29.8 Å². The Kier molecular flexibility index (Phi) is 14.8. The molecule has 4 heteroatoms. The van der Waals surface area contributed by atoms with Crippen LogP contribution < -0.4 is 24.8 Å². The summed E-state index contributed by atoms with van der Waals surface area (Å²) in [6.45, 7) is 22.1. The van der Waals surface area contributed by atoms with Crippen LogP contribution in [0.4, 0.5) is 0 Å². The second-order valence-electron chi connectivity index (χ2n) is 12.5. The number of benzene rings is 4. The van der Waals surface area contributed by atoms with Crippen LogP contribution in [0.25, 0.3) is 43.8 Å². The molecule has 234 valence electrons. The van der Waals surface area contributed by atoms with Crippen LogP contribution in [0, 0.1) is 48.5 Å². The first-order valence-electron chi connectivity index (χ1n) is 15.4. The van der Waals surface area contributed by atoms with E-state index in [4.69, 9.17) is 0 Å². The predicted molar refractivity (Wildman–Crippen MR) is 190 cm³/mol. The van der Waals surface area contributed by atoms with Crippen molar-refractivity contribution in [2.45, 2.75) is 74.9 Å². The van der Waals surface area contributed by atoms with Crippen LogP contribution in [0.2, 0.25) is 13.1 Å². The molecule has 0 bridgehead atoms. The first-order valence-corrected chi connectivity index (χ1v) is 21.6. The molecule has 0 aliphatic rings. The fraction of sp³-hybridized carbons (Fsp3) is 0.268. The van der Waals surface area contributed by atoms with Crippen LogP contribution in [0.5, 0.6) is 0 Å². The van der Waals surface area contributed by atoms with Gasteiger partial charge in [0.15, 0.2) is 0 Å². The summed E-state index contributed by atoms with van der Waals surface area (Å²) in [6, 6.07) is 31.9. The summed E-state index contributed by atoms with van der Waals surface area (Å²) in [5, 5.41) is 5.56. The Balaban J connectivity index is 0.000000270. The number of hydrogen-bond donors (Lipinski definition) is 0. The molecule has 0 atom stereocenters. The molecule has 0 N–H and O–H groups in total. The predicted octanol–water partition coefficient (Wildman–Crippen LogP) is 5.97. The summed E-state index contributed by atoms with van der Waals surface area (Å²) in [4.78, 5) is 0. The van der Waals surface area contributed by atoms with Crippen molar-refractivity contribution in [2.75, 3.05) is 0 Å². The maximum atomic E-state index is 2.36. The van der Waals surface area contributed by atoms with Crippen molar-refractivity contribution in [1.82, 2.24) is 0 Å². The number of aryl methyl sites for hydroxylation is 8. The quantitative estimate of drug-likeness (QED) is 0.156. The molecule has 0 aliphatic heterocycles. The Morgan fingerprint density at radius 3 is 1.33 bits per heavy atom. The van der Waals surface area contributed by atoms with Crippen LogP contribution >= 0.6 is 0 Å². The summed E-state index contributed by atoms with van der Waals surface area (Å²) < 4.78 is 0. The first-order chi connectivity index (χ1) is 20.4. The smallest absolute Gasteiger partial charge is 0.0274 e. The third kappa shape index (κ3) is 9.89. The normalized spacial score (nSPS) is 10.3. The average molecular weight is 729 g/mol. The van der Waals surface area contributed by atoms with Crippen molar-refractivity contribution in [1.29, 1.82) is 0 Å². The molecular formula is C41H46Cl2SiZr-2. The minimum absolute atomic E-state index is 0. The second kappa shape index (κ2) is 17.1. The van der Waals surface area contributed by atoms with E-state index in [-0.39, 0.29) is 30.2 Å². The molecule has 0 unspecified atom stereocenters. The fourth-order valence-electron chi connectivity index (χ4n) is 6.06. The molecule has 6 aromatic rings. The summed E-state index contributed by atoms with van der Waals surface area (Å²) in [7, 11) is 0. The molecule has 0 saturated heterocycles. The molecule has 0 heterocycles. The molecule has 0 aliphatic carbocycles. The fourth-order valence-corrected chi connectivity index (χ4v) is 6.06. The summed E-state index contributed by atoms with van der Waals surface area (Å²) in [6.07, 6.45) is 1.10. The van der Waals surface area contributed by atoms with E-state index < -0.39 is 0 Å². The van der Waals surface area contributed by atoms with Crippen LogP contribution in [0.3, 0.4) is 0 Å². The summed E-state index contributed by atoms with van der Waals surface area (Å²) >= 11 is 1.74. The molecule has 45 heavy (non-hydrogen) atoms. The van der Waals surface area contributed by atoms with Gasteiger partial charge in [0.2, 0.25) is 0 Å². The van der Waals surface area contributed by atoms with E-state index in [1.807, 2.05) is 0 Å². The molecule has 0 fully saturated rings. The summed E-state index contributed by atoms with van der Waals surface area (Å²) in [5.74, 6) is 0. The molecule has 0 saturated carbocycles. The van der Waals surface area contributed by atoms with Gasteiger partial charge in [-0.1, -0.05) is 110 Å². The maximum Gasteiger partial charge on any atom is -0.0274 e. The van der Waals surface area contributed by atoms with E-state index in [0.717, 1.165) is 6.42 Å². The van der Waals surface area contributed by atoms with E-state index in [9.17, 15) is 0 Å². The maximum absolute atomic E-state index is 2.36. The van der Waals surface area contributed by atoms with E-state index in [0.29, 0.717) is 0 Å². The molecule has 0 radical (unpaired) electrons. The number of rotatable bonds is 3. The molecule has 0 amide bonds. The molecule has 6 aromatic carbocycles. The van der Waals surface area contributed by atoms with E-state index in [1.54, 1.807) is 23.3 Å². The van der Waals surface area contributed by atoms with Crippen LogP contribution in [0.15, 0.2) is 84.9 Å². The minimum atomic E-state index is 0. The Morgan fingerprint density at radius 1 is 0.556 bits per heavy atom. The molecule has 0 spiro atoms. The second-order valence-corrected chi connectivity index (χ2v) is 21.9. The van der Waals surface area contributed by atoms with Gasteiger partial charge in [-0.2, -0.15) is 12.1 Å². The van der Waals surface area contributed by atoms with Crippen molar-refractivity contribution >= 4 is 27.0 Å². The standard InChI is InChI=1S/C20H21.C19H19.C2H6Si.2ClH.Zr/c1-5-16-11-19-15(4)6-7-18(20(19)12-16)17-9-13(2)8-14(3)10-17;1-12-7-13(2)9-16(8-12)17-6-5-15(4)18-10-14(3)11-19(17)18;1-3-2;;;/h6-12H,5H2,1-4H3;5-11H,1-4H3;1-2H3;2*1H;/q2*-1;;;;+2/p-2. The Bertz CT molecular complexity index is 1880. The van der Waals surface area contributed by atoms with Gasteiger partial charge >= 0.3 is 41.9 Å². The zero-order valence-electron chi connectivity index (χ0n) is 28.5. The van der Waals surface area contributed by atoms with Gasteiger partial charge in [-0.05, 0) is 45.2 Å². The average Bonchev–Trinajstić information content (AvgIpc) is 3.53. The van der Waals surface area contributed by atoms with Gasteiger partial charge in [0.1, 0.15) is 0 Å². The van der Waals surface area contributed by atoms with Crippen LogP contribution in [0.1, 0.15) is 51.4 Å². The molecule has 6 rings (SSSR count). The van der Waals surface area contributed by atoms with Crippen molar-refractivity contribution in [3.05, 3.63) is 129 Å². The Morgan fingerprint density at radius 2 is 0.933 bits per heavy atom. The summed E-state index contributed by atoms with van der Waals surface area (Å²) in [5.41, 5.74) is 16.4. The van der Waals surface area contributed by atoms with Gasteiger partial charge in [0.05, 0.1) is 0 Å². The van der Waals surface area contributed by atoms with Crippen molar-refractivity contribution in [3.8, 4) is 22.3 Å². The van der Waals surface area contributed by atoms with Gasteiger partial charge in [-0.25, -0.2) is 0 Å². The minimum Gasteiger partial charge on any atom is -1.00 e. The monoisotopic (exact) mass is 726 g/mol. The largest absolute Gasteiger partial charge is 1.00 e. The van der Waals surface area contributed by atoms with Crippen molar-refractivity contribution in [3.63, 3.8) is 0 Å². The van der Waals surface area contributed by atoms with Crippen LogP contribution in [-0.4, -0.2) is 5.43 Å². The number of halogens is 2. The molecule has 0 aromatic heterocycles. The van der Waals surface area contributed by atoms with Gasteiger partial charge < -0.3 is 24.8 Å². The topological polar surface area (TPSA) is 0 Å². The Labute approximate surface area is 299 Å². The zero-order chi connectivity index (χ0) is 31.4. The first kappa shape index (κ1) is 39.0. The van der Waals surface area contributed by atoms with Gasteiger partial charge in [0.25, 0.3) is 0 Å². The SMILES string of the molecule is CCc1cc2c(-c3cc(C)cc(C)c3)ccc(C)c2[cH-]1.C[Si](C)=[Zr+2].Cc1cc(C)cc(-c2ccc(C)c3[cH-]c(C)cc23)c1.[Cl-].[Cl-]. The van der Waals surface area contributed by atoms with Gasteiger partial charge in [0, 0.05) is 0 Å². The van der Waals surface area contributed by atoms with E-state index in [2.05, 4.69) is 153 Å². The van der Waals surface area contributed by atoms with Gasteiger partial charge in [-0.15, -0.1) is 68.1 Å². The van der Waals surface area contributed by atoms with Crippen molar-refractivity contribution < 1.29 is 48.1 Å². The third-order valence-corrected chi connectivity index (χ3v) is 7.89. The van der Waals surface area contributed by atoms with E-state index in [1.165, 1.54) is 88.3 Å². The van der Waals surface area contributed by atoms with E-state index >= 15 is 0 Å².